The van der Waals surface area contributed by atoms with E-state index in [-0.39, 0.29) is 0 Å². The first kappa shape index (κ1) is 15.4. The summed E-state index contributed by atoms with van der Waals surface area (Å²) < 4.78 is 12.4. The summed E-state index contributed by atoms with van der Waals surface area (Å²) in [6.07, 6.45) is 0. The van der Waals surface area contributed by atoms with Gasteiger partial charge in [0.15, 0.2) is 0 Å². The van der Waals surface area contributed by atoms with Crippen LogP contribution in [0.25, 0.3) is 0 Å². The Morgan fingerprint density at radius 3 is 2.90 bits per heavy atom. The van der Waals surface area contributed by atoms with Crippen molar-refractivity contribution in [2.24, 2.45) is 0 Å². The Balaban J connectivity index is 2.02. The van der Waals surface area contributed by atoms with Gasteiger partial charge in [-0.1, -0.05) is 34.5 Å². The summed E-state index contributed by atoms with van der Waals surface area (Å²) in [6.45, 7) is 6.12. The van der Waals surface area contributed by atoms with Crippen LogP contribution in [-0.2, 0) is 13.2 Å². The van der Waals surface area contributed by atoms with E-state index >= 15 is 0 Å². The maximum Gasteiger partial charge on any atom is 0.146 e. The van der Waals surface area contributed by atoms with Crippen LogP contribution >= 0.6 is 27.5 Å². The number of ether oxygens (including phenoxy) is 1. The molecule has 2 rings (SSSR count). The van der Waals surface area contributed by atoms with E-state index in [2.05, 4.69) is 28.2 Å². The van der Waals surface area contributed by atoms with Crippen LogP contribution in [0.4, 0.5) is 0 Å². The average molecular weight is 359 g/mol. The Hall–Kier alpha value is -0.970. The maximum absolute atomic E-state index is 6.08. The smallest absolute Gasteiger partial charge is 0.146 e. The van der Waals surface area contributed by atoms with E-state index in [1.807, 2.05) is 25.1 Å². The van der Waals surface area contributed by atoms with Gasteiger partial charge in [0.2, 0.25) is 0 Å². The summed E-state index contributed by atoms with van der Waals surface area (Å²) in [5.41, 5.74) is 1.13. The molecule has 5 heteroatoms. The van der Waals surface area contributed by atoms with Crippen LogP contribution in [0.5, 0.6) is 5.75 Å². The summed E-state index contributed by atoms with van der Waals surface area (Å²) in [4.78, 5) is 0. The zero-order chi connectivity index (χ0) is 14.5. The normalized spacial score (nSPS) is 10.8. The van der Waals surface area contributed by atoms with Crippen LogP contribution in [0.2, 0.25) is 5.02 Å². The summed E-state index contributed by atoms with van der Waals surface area (Å²) in [6, 6.07) is 7.52. The molecule has 0 fully saturated rings. The third kappa shape index (κ3) is 4.01. The lowest BCUT2D eigenvalue weighted by Crippen LogP contribution is -2.11. The Morgan fingerprint density at radius 2 is 2.15 bits per heavy atom. The zero-order valence-electron chi connectivity index (χ0n) is 11.5. The summed E-state index contributed by atoms with van der Waals surface area (Å²) in [5.74, 6) is 2.39. The fourth-order valence-electron chi connectivity index (χ4n) is 1.81. The molecule has 0 aliphatic carbocycles. The SMILES string of the molecule is CCNCc1oc(COc2cc(Br)ccc2Cl)cc1C. The highest BCUT2D eigenvalue weighted by molar-refractivity contribution is 9.10. The van der Waals surface area contributed by atoms with Gasteiger partial charge in [-0.15, -0.1) is 0 Å². The minimum absolute atomic E-state index is 0.364. The highest BCUT2D eigenvalue weighted by atomic mass is 79.9. The summed E-state index contributed by atoms with van der Waals surface area (Å²) >= 11 is 9.48. The molecular weight excluding hydrogens is 342 g/mol. The molecule has 1 N–H and O–H groups in total. The van der Waals surface area contributed by atoms with Gasteiger partial charge in [-0.25, -0.2) is 0 Å². The van der Waals surface area contributed by atoms with Crippen molar-refractivity contribution in [1.82, 2.24) is 5.32 Å². The average Bonchev–Trinajstić information content (AvgIpc) is 2.78. The lowest BCUT2D eigenvalue weighted by atomic mass is 10.2. The first-order chi connectivity index (χ1) is 9.60. The quantitative estimate of drug-likeness (QED) is 0.813. The van der Waals surface area contributed by atoms with E-state index in [9.17, 15) is 0 Å². The molecule has 0 aliphatic heterocycles. The highest BCUT2D eigenvalue weighted by Gasteiger charge is 2.09. The summed E-state index contributed by atoms with van der Waals surface area (Å²) in [7, 11) is 0. The van der Waals surface area contributed by atoms with Crippen LogP contribution in [0.3, 0.4) is 0 Å². The predicted molar refractivity (Wildman–Crippen MR) is 84.3 cm³/mol. The lowest BCUT2D eigenvalue weighted by Gasteiger charge is -2.06. The molecule has 108 valence electrons. The fourth-order valence-corrected chi connectivity index (χ4v) is 2.32. The van der Waals surface area contributed by atoms with Gasteiger partial charge < -0.3 is 14.5 Å². The number of nitrogens with one attached hydrogen (secondary N) is 1. The van der Waals surface area contributed by atoms with Gasteiger partial charge in [-0.05, 0) is 43.3 Å². The molecule has 3 nitrogen and oxygen atoms in total. The molecule has 1 heterocycles. The maximum atomic E-state index is 6.08. The number of aryl methyl sites for hydroxylation is 1. The minimum atomic E-state index is 0.364. The second-order valence-electron chi connectivity index (χ2n) is 4.46. The van der Waals surface area contributed by atoms with Crippen molar-refractivity contribution in [3.05, 3.63) is 50.8 Å². The Bertz CT molecular complexity index is 583. The van der Waals surface area contributed by atoms with Crippen LogP contribution in [0.15, 0.2) is 33.2 Å². The second kappa shape index (κ2) is 7.16. The van der Waals surface area contributed by atoms with Gasteiger partial charge in [0.1, 0.15) is 23.9 Å². The van der Waals surface area contributed by atoms with Crippen molar-refractivity contribution in [1.29, 1.82) is 0 Å². The highest BCUT2D eigenvalue weighted by Crippen LogP contribution is 2.29. The van der Waals surface area contributed by atoms with Crippen LogP contribution < -0.4 is 10.1 Å². The standard InChI is InChI=1S/C15H17BrClNO2/c1-3-18-8-15-10(2)6-12(20-15)9-19-14-7-11(16)4-5-13(14)17/h4-7,18H,3,8-9H2,1-2H3. The van der Waals surface area contributed by atoms with Crippen LogP contribution in [0.1, 0.15) is 24.0 Å². The van der Waals surface area contributed by atoms with Crippen molar-refractivity contribution in [3.8, 4) is 5.75 Å². The van der Waals surface area contributed by atoms with Crippen molar-refractivity contribution >= 4 is 27.5 Å². The molecule has 1 aromatic heterocycles. The van der Waals surface area contributed by atoms with Gasteiger partial charge in [0.25, 0.3) is 0 Å². The third-order valence-corrected chi connectivity index (χ3v) is 3.68. The second-order valence-corrected chi connectivity index (χ2v) is 5.79. The van der Waals surface area contributed by atoms with Crippen molar-refractivity contribution in [3.63, 3.8) is 0 Å². The van der Waals surface area contributed by atoms with Crippen LogP contribution in [-0.4, -0.2) is 6.54 Å². The zero-order valence-corrected chi connectivity index (χ0v) is 13.8. The molecule has 0 saturated carbocycles. The minimum Gasteiger partial charge on any atom is -0.484 e. The molecule has 0 amide bonds. The Kier molecular flexibility index (Phi) is 5.52. The van der Waals surface area contributed by atoms with E-state index < -0.39 is 0 Å². The molecule has 0 bridgehead atoms. The van der Waals surface area contributed by atoms with E-state index in [0.29, 0.717) is 17.4 Å². The topological polar surface area (TPSA) is 34.4 Å². The lowest BCUT2D eigenvalue weighted by molar-refractivity contribution is 0.265. The largest absolute Gasteiger partial charge is 0.484 e. The molecule has 0 unspecified atom stereocenters. The molecule has 0 spiro atoms. The number of halogens is 2. The Labute approximate surface area is 132 Å². The molecule has 0 atom stereocenters. The molecule has 0 aliphatic rings. The third-order valence-electron chi connectivity index (χ3n) is 2.87. The fraction of sp³-hybridized carbons (Fsp3) is 0.333. The molecule has 0 radical (unpaired) electrons. The van der Waals surface area contributed by atoms with Crippen LogP contribution in [0, 0.1) is 6.92 Å². The van der Waals surface area contributed by atoms with E-state index in [0.717, 1.165) is 34.6 Å². The van der Waals surface area contributed by atoms with E-state index in [1.54, 1.807) is 6.07 Å². The van der Waals surface area contributed by atoms with Gasteiger partial charge in [-0.3, -0.25) is 0 Å². The Morgan fingerprint density at radius 1 is 1.35 bits per heavy atom. The predicted octanol–water partition coefficient (Wildman–Crippen LogP) is 4.69. The first-order valence-electron chi connectivity index (χ1n) is 6.47. The molecule has 2 aromatic rings. The number of benzene rings is 1. The first-order valence-corrected chi connectivity index (χ1v) is 7.64. The number of hydrogen-bond acceptors (Lipinski definition) is 3. The molecule has 1 aromatic carbocycles. The van der Waals surface area contributed by atoms with Gasteiger partial charge >= 0.3 is 0 Å². The van der Waals surface area contributed by atoms with Crippen molar-refractivity contribution in [2.75, 3.05) is 6.54 Å². The number of furan rings is 1. The van der Waals surface area contributed by atoms with Gasteiger partial charge in [-0.2, -0.15) is 0 Å². The van der Waals surface area contributed by atoms with Crippen molar-refractivity contribution in [2.45, 2.75) is 27.0 Å². The number of hydrogen-bond donors (Lipinski definition) is 1. The van der Waals surface area contributed by atoms with E-state index in [1.165, 1.54) is 0 Å². The van der Waals surface area contributed by atoms with E-state index in [4.69, 9.17) is 20.8 Å². The van der Waals surface area contributed by atoms with Crippen molar-refractivity contribution < 1.29 is 9.15 Å². The molecule has 20 heavy (non-hydrogen) atoms. The number of rotatable bonds is 6. The molecular formula is C15H17BrClNO2. The van der Waals surface area contributed by atoms with Gasteiger partial charge in [0.05, 0.1) is 11.6 Å². The molecule has 0 saturated heterocycles. The van der Waals surface area contributed by atoms with Gasteiger partial charge in [0, 0.05) is 4.47 Å². The monoisotopic (exact) mass is 357 g/mol. The summed E-state index contributed by atoms with van der Waals surface area (Å²) in [5, 5.41) is 3.83.